The van der Waals surface area contributed by atoms with Gasteiger partial charge in [-0.05, 0) is 50.3 Å². The number of hydrogen-bond acceptors (Lipinski definition) is 2. The van der Waals surface area contributed by atoms with E-state index in [1.807, 2.05) is 20.8 Å². The van der Waals surface area contributed by atoms with Gasteiger partial charge < -0.3 is 9.84 Å². The Labute approximate surface area is 113 Å². The topological polar surface area (TPSA) is 29.5 Å². The minimum Gasteiger partial charge on any atom is -0.393 e. The van der Waals surface area contributed by atoms with E-state index in [-0.39, 0.29) is 6.61 Å². The van der Waals surface area contributed by atoms with Crippen molar-refractivity contribution < 1.29 is 18.6 Å². The standard InChI is InChI=1S/C15H22F2O2/c1-10-6-11(2)14(12(3)7-10)8-13(18)4-5-19-9-15(16)17/h6-7,13,15,18H,4-5,8-9H2,1-3H3. The predicted octanol–water partition coefficient (Wildman–Crippen LogP) is 3.19. The predicted molar refractivity (Wildman–Crippen MR) is 71.8 cm³/mol. The fraction of sp³-hybridized carbons (Fsp3) is 0.600. The molecule has 0 aliphatic rings. The highest BCUT2D eigenvalue weighted by atomic mass is 19.3. The molecule has 1 aromatic carbocycles. The van der Waals surface area contributed by atoms with Crippen LogP contribution in [-0.4, -0.2) is 30.8 Å². The number of ether oxygens (including phenoxy) is 1. The Morgan fingerprint density at radius 2 is 1.74 bits per heavy atom. The summed E-state index contributed by atoms with van der Waals surface area (Å²) in [6.45, 7) is 5.69. The van der Waals surface area contributed by atoms with Gasteiger partial charge >= 0.3 is 0 Å². The van der Waals surface area contributed by atoms with Gasteiger partial charge in [-0.15, -0.1) is 0 Å². The number of aryl methyl sites for hydroxylation is 3. The number of hydrogen-bond donors (Lipinski definition) is 1. The molecule has 108 valence electrons. The van der Waals surface area contributed by atoms with Gasteiger partial charge in [0.15, 0.2) is 0 Å². The van der Waals surface area contributed by atoms with Crippen molar-refractivity contribution in [2.24, 2.45) is 0 Å². The summed E-state index contributed by atoms with van der Waals surface area (Å²) in [5.74, 6) is 0. The van der Waals surface area contributed by atoms with Crippen LogP contribution in [-0.2, 0) is 11.2 Å². The van der Waals surface area contributed by atoms with Crippen LogP contribution < -0.4 is 0 Å². The lowest BCUT2D eigenvalue weighted by Crippen LogP contribution is -2.16. The zero-order chi connectivity index (χ0) is 14.4. The molecule has 1 aromatic rings. The van der Waals surface area contributed by atoms with E-state index in [9.17, 15) is 13.9 Å². The Bertz CT molecular complexity index is 382. The first-order valence-electron chi connectivity index (χ1n) is 6.50. The molecule has 0 saturated carbocycles. The third-order valence-corrected chi connectivity index (χ3v) is 3.12. The Morgan fingerprint density at radius 3 is 2.26 bits per heavy atom. The molecular formula is C15H22F2O2. The highest BCUT2D eigenvalue weighted by Gasteiger charge is 2.11. The van der Waals surface area contributed by atoms with Gasteiger partial charge in [0, 0.05) is 6.61 Å². The van der Waals surface area contributed by atoms with Crippen LogP contribution in [0.25, 0.3) is 0 Å². The zero-order valence-corrected chi connectivity index (χ0v) is 11.7. The third kappa shape index (κ3) is 5.66. The minimum atomic E-state index is -2.45. The summed E-state index contributed by atoms with van der Waals surface area (Å²) in [5, 5.41) is 9.92. The molecule has 1 rings (SSSR count). The highest BCUT2D eigenvalue weighted by Crippen LogP contribution is 2.18. The largest absolute Gasteiger partial charge is 0.393 e. The van der Waals surface area contributed by atoms with Crippen LogP contribution in [0.4, 0.5) is 8.78 Å². The van der Waals surface area contributed by atoms with E-state index in [1.54, 1.807) is 0 Å². The summed E-state index contributed by atoms with van der Waals surface area (Å²) in [6.07, 6.45) is -2.09. The van der Waals surface area contributed by atoms with E-state index in [2.05, 4.69) is 12.1 Å². The molecule has 1 N–H and O–H groups in total. The molecule has 0 aliphatic heterocycles. The second kappa shape index (κ2) is 7.56. The van der Waals surface area contributed by atoms with Gasteiger partial charge in [-0.1, -0.05) is 17.7 Å². The maximum absolute atomic E-state index is 11.9. The van der Waals surface area contributed by atoms with E-state index in [4.69, 9.17) is 4.74 Å². The lowest BCUT2D eigenvalue weighted by atomic mass is 9.94. The normalized spacial score (nSPS) is 13.0. The number of benzene rings is 1. The van der Waals surface area contributed by atoms with Crippen LogP contribution in [0.15, 0.2) is 12.1 Å². The molecule has 0 aromatic heterocycles. The molecule has 0 heterocycles. The third-order valence-electron chi connectivity index (χ3n) is 3.12. The Balaban J connectivity index is 2.46. The molecule has 19 heavy (non-hydrogen) atoms. The second-order valence-corrected chi connectivity index (χ2v) is 4.99. The first-order valence-corrected chi connectivity index (χ1v) is 6.50. The van der Waals surface area contributed by atoms with Crippen molar-refractivity contribution in [2.75, 3.05) is 13.2 Å². The molecule has 1 unspecified atom stereocenters. The molecule has 1 atom stereocenters. The number of alkyl halides is 2. The van der Waals surface area contributed by atoms with Gasteiger partial charge in [0.25, 0.3) is 6.43 Å². The van der Waals surface area contributed by atoms with Crippen LogP contribution in [0.2, 0.25) is 0 Å². The number of aliphatic hydroxyl groups is 1. The van der Waals surface area contributed by atoms with Gasteiger partial charge in [-0.2, -0.15) is 0 Å². The van der Waals surface area contributed by atoms with E-state index >= 15 is 0 Å². The van der Waals surface area contributed by atoms with Crippen LogP contribution in [0.1, 0.15) is 28.7 Å². The van der Waals surface area contributed by atoms with Crippen LogP contribution >= 0.6 is 0 Å². The van der Waals surface area contributed by atoms with Crippen LogP contribution in [0.5, 0.6) is 0 Å². The van der Waals surface area contributed by atoms with Crippen molar-refractivity contribution in [2.45, 2.75) is 46.1 Å². The van der Waals surface area contributed by atoms with Crippen molar-refractivity contribution in [1.29, 1.82) is 0 Å². The smallest absolute Gasteiger partial charge is 0.261 e. The fourth-order valence-electron chi connectivity index (χ4n) is 2.26. The zero-order valence-electron chi connectivity index (χ0n) is 11.7. The van der Waals surface area contributed by atoms with Crippen molar-refractivity contribution >= 4 is 0 Å². The Kier molecular flexibility index (Phi) is 6.38. The maximum Gasteiger partial charge on any atom is 0.261 e. The monoisotopic (exact) mass is 272 g/mol. The van der Waals surface area contributed by atoms with E-state index in [1.165, 1.54) is 5.56 Å². The number of aliphatic hydroxyl groups excluding tert-OH is 1. The molecule has 0 spiro atoms. The molecule has 0 saturated heterocycles. The Hall–Kier alpha value is -1.00. The van der Waals surface area contributed by atoms with Crippen molar-refractivity contribution in [3.8, 4) is 0 Å². The number of rotatable bonds is 7. The van der Waals surface area contributed by atoms with E-state index in [0.717, 1.165) is 16.7 Å². The maximum atomic E-state index is 11.9. The molecule has 0 amide bonds. The summed E-state index contributed by atoms with van der Waals surface area (Å²) in [5.41, 5.74) is 4.65. The van der Waals surface area contributed by atoms with Gasteiger partial charge in [-0.3, -0.25) is 0 Å². The van der Waals surface area contributed by atoms with Crippen LogP contribution in [0, 0.1) is 20.8 Å². The quantitative estimate of drug-likeness (QED) is 0.772. The molecule has 0 aliphatic carbocycles. The lowest BCUT2D eigenvalue weighted by molar-refractivity contribution is 0.00510. The van der Waals surface area contributed by atoms with Crippen LogP contribution in [0.3, 0.4) is 0 Å². The summed E-state index contributed by atoms with van der Waals surface area (Å²) in [6, 6.07) is 4.17. The van der Waals surface area contributed by atoms with Gasteiger partial charge in [0.2, 0.25) is 0 Å². The van der Waals surface area contributed by atoms with Gasteiger partial charge in [-0.25, -0.2) is 8.78 Å². The number of halogens is 2. The molecule has 2 nitrogen and oxygen atoms in total. The molecular weight excluding hydrogens is 250 g/mol. The van der Waals surface area contributed by atoms with E-state index < -0.39 is 19.1 Å². The molecule has 0 fully saturated rings. The van der Waals surface area contributed by atoms with E-state index in [0.29, 0.717) is 12.8 Å². The average molecular weight is 272 g/mol. The summed E-state index contributed by atoms with van der Waals surface area (Å²) >= 11 is 0. The first kappa shape index (κ1) is 16.1. The van der Waals surface area contributed by atoms with Crippen molar-refractivity contribution in [1.82, 2.24) is 0 Å². The summed E-state index contributed by atoms with van der Waals surface area (Å²) in [4.78, 5) is 0. The summed E-state index contributed by atoms with van der Waals surface area (Å²) in [7, 11) is 0. The Morgan fingerprint density at radius 1 is 1.16 bits per heavy atom. The molecule has 4 heteroatoms. The minimum absolute atomic E-state index is 0.162. The van der Waals surface area contributed by atoms with Crippen molar-refractivity contribution in [3.63, 3.8) is 0 Å². The van der Waals surface area contributed by atoms with Gasteiger partial charge in [0.05, 0.1) is 6.10 Å². The van der Waals surface area contributed by atoms with Gasteiger partial charge in [0.1, 0.15) is 6.61 Å². The fourth-order valence-corrected chi connectivity index (χ4v) is 2.26. The second-order valence-electron chi connectivity index (χ2n) is 4.99. The highest BCUT2D eigenvalue weighted by molar-refractivity contribution is 5.37. The first-order chi connectivity index (χ1) is 8.90. The summed E-state index contributed by atoms with van der Waals surface area (Å²) < 4.78 is 28.5. The molecule has 0 radical (unpaired) electrons. The average Bonchev–Trinajstić information content (AvgIpc) is 2.29. The lowest BCUT2D eigenvalue weighted by Gasteiger charge is -2.15. The molecule has 0 bridgehead atoms. The SMILES string of the molecule is Cc1cc(C)c(CC(O)CCOCC(F)F)c(C)c1. The van der Waals surface area contributed by atoms with Crippen molar-refractivity contribution in [3.05, 3.63) is 34.4 Å².